The van der Waals surface area contributed by atoms with E-state index in [1.807, 2.05) is 42.5 Å². The lowest BCUT2D eigenvalue weighted by atomic mass is 9.98. The van der Waals surface area contributed by atoms with Crippen molar-refractivity contribution in [2.75, 3.05) is 0 Å². The number of hydrogen-bond donors (Lipinski definition) is 0. The molecule has 0 heterocycles. The molecule has 1 unspecified atom stereocenters. The van der Waals surface area contributed by atoms with Gasteiger partial charge in [-0.1, -0.05) is 71.2 Å². The molecule has 106 valence electrons. The second-order valence-corrected chi connectivity index (χ2v) is 6.38. The molecule has 0 bridgehead atoms. The fourth-order valence-electron chi connectivity index (χ4n) is 2.36. The van der Waals surface area contributed by atoms with E-state index in [-0.39, 0.29) is 5.38 Å². The van der Waals surface area contributed by atoms with Crippen molar-refractivity contribution in [3.05, 3.63) is 80.8 Å². The van der Waals surface area contributed by atoms with Gasteiger partial charge in [-0.05, 0) is 34.7 Å². The maximum atomic E-state index is 6.64. The maximum absolute atomic E-state index is 6.64. The van der Waals surface area contributed by atoms with Gasteiger partial charge in [-0.25, -0.2) is 0 Å². The average Bonchev–Trinajstić information content (AvgIpc) is 2.50. The zero-order valence-corrected chi connectivity index (χ0v) is 13.8. The molecule has 0 aromatic heterocycles. The van der Waals surface area contributed by atoms with Gasteiger partial charge in [0.15, 0.2) is 0 Å². The summed E-state index contributed by atoms with van der Waals surface area (Å²) in [5.41, 5.74) is 1.90. The number of rotatable bonds is 2. The van der Waals surface area contributed by atoms with Gasteiger partial charge in [0.1, 0.15) is 0 Å². The van der Waals surface area contributed by atoms with E-state index in [0.29, 0.717) is 15.1 Å². The maximum Gasteiger partial charge on any atom is 0.0841 e. The highest BCUT2D eigenvalue weighted by Gasteiger charge is 2.16. The van der Waals surface area contributed by atoms with Gasteiger partial charge in [0.25, 0.3) is 0 Å². The van der Waals surface area contributed by atoms with Crippen LogP contribution in [0.15, 0.2) is 54.6 Å². The predicted molar refractivity (Wildman–Crippen MR) is 93.1 cm³/mol. The second-order valence-electron chi connectivity index (χ2n) is 4.72. The van der Waals surface area contributed by atoms with Crippen molar-refractivity contribution in [3.63, 3.8) is 0 Å². The van der Waals surface area contributed by atoms with E-state index >= 15 is 0 Å². The third-order valence-corrected chi connectivity index (χ3v) is 4.97. The van der Waals surface area contributed by atoms with Gasteiger partial charge in [0.05, 0.1) is 15.4 Å². The first kappa shape index (κ1) is 15.0. The molecule has 0 aliphatic heterocycles. The van der Waals surface area contributed by atoms with Crippen LogP contribution >= 0.6 is 46.4 Å². The third-order valence-electron chi connectivity index (χ3n) is 3.41. The summed E-state index contributed by atoms with van der Waals surface area (Å²) in [4.78, 5) is 0. The third kappa shape index (κ3) is 2.86. The summed E-state index contributed by atoms with van der Waals surface area (Å²) in [7, 11) is 0. The minimum absolute atomic E-state index is 0.318. The predicted octanol–water partition coefficient (Wildman–Crippen LogP) is 7.13. The van der Waals surface area contributed by atoms with Crippen LogP contribution in [0.5, 0.6) is 0 Å². The lowest BCUT2D eigenvalue weighted by Crippen LogP contribution is -1.95. The summed E-state index contributed by atoms with van der Waals surface area (Å²) >= 11 is 24.9. The van der Waals surface area contributed by atoms with Gasteiger partial charge in [-0.2, -0.15) is 0 Å². The first-order valence-corrected chi connectivity index (χ1v) is 7.91. The normalized spacial score (nSPS) is 12.6. The molecule has 0 spiro atoms. The van der Waals surface area contributed by atoms with E-state index in [2.05, 4.69) is 0 Å². The van der Waals surface area contributed by atoms with Crippen LogP contribution in [0, 0.1) is 0 Å². The molecule has 3 aromatic carbocycles. The van der Waals surface area contributed by atoms with Gasteiger partial charge >= 0.3 is 0 Å². The van der Waals surface area contributed by atoms with Crippen molar-refractivity contribution in [3.8, 4) is 0 Å². The Bertz CT molecular complexity index is 811. The average molecular weight is 356 g/mol. The van der Waals surface area contributed by atoms with E-state index in [1.165, 1.54) is 0 Å². The van der Waals surface area contributed by atoms with Gasteiger partial charge in [0.2, 0.25) is 0 Å². The molecule has 0 N–H and O–H groups in total. The molecule has 3 rings (SSSR count). The Morgan fingerprint density at radius 1 is 0.667 bits per heavy atom. The van der Waals surface area contributed by atoms with Gasteiger partial charge in [0, 0.05) is 10.4 Å². The summed E-state index contributed by atoms with van der Waals surface area (Å²) in [5.74, 6) is 0. The fourth-order valence-corrected chi connectivity index (χ4v) is 3.22. The molecular weight excluding hydrogens is 346 g/mol. The Balaban J connectivity index is 2.15. The summed E-state index contributed by atoms with van der Waals surface area (Å²) in [6.45, 7) is 0. The Labute approximate surface area is 143 Å². The van der Waals surface area contributed by atoms with Crippen molar-refractivity contribution in [1.82, 2.24) is 0 Å². The van der Waals surface area contributed by atoms with Crippen LogP contribution in [0.4, 0.5) is 0 Å². The molecule has 0 saturated heterocycles. The molecule has 21 heavy (non-hydrogen) atoms. The van der Waals surface area contributed by atoms with Crippen molar-refractivity contribution >= 4 is 57.2 Å². The first-order valence-electron chi connectivity index (χ1n) is 6.34. The lowest BCUT2D eigenvalue weighted by molar-refractivity contribution is 1.16. The van der Waals surface area contributed by atoms with Crippen LogP contribution in [-0.2, 0) is 0 Å². The minimum atomic E-state index is -0.318. The van der Waals surface area contributed by atoms with E-state index < -0.39 is 0 Å². The van der Waals surface area contributed by atoms with Crippen LogP contribution in [0.2, 0.25) is 15.1 Å². The Kier molecular flexibility index (Phi) is 4.33. The van der Waals surface area contributed by atoms with Crippen molar-refractivity contribution < 1.29 is 0 Å². The molecule has 4 heteroatoms. The van der Waals surface area contributed by atoms with Crippen molar-refractivity contribution in [1.29, 1.82) is 0 Å². The fraction of sp³-hybridized carbons (Fsp3) is 0.0588. The van der Waals surface area contributed by atoms with Crippen LogP contribution in [0.25, 0.3) is 10.8 Å². The molecule has 0 aliphatic rings. The van der Waals surface area contributed by atoms with Crippen molar-refractivity contribution in [2.24, 2.45) is 0 Å². The highest BCUT2D eigenvalue weighted by atomic mass is 35.5. The van der Waals surface area contributed by atoms with Crippen LogP contribution < -0.4 is 0 Å². The molecule has 3 aromatic rings. The molecule has 0 radical (unpaired) electrons. The summed E-state index contributed by atoms with van der Waals surface area (Å²) < 4.78 is 0. The Morgan fingerprint density at radius 2 is 1.33 bits per heavy atom. The summed E-state index contributed by atoms with van der Waals surface area (Å²) in [6.07, 6.45) is 0. The van der Waals surface area contributed by atoms with E-state index in [0.717, 1.165) is 21.9 Å². The number of fused-ring (bicyclic) bond motifs is 1. The van der Waals surface area contributed by atoms with Gasteiger partial charge in [-0.3, -0.25) is 0 Å². The van der Waals surface area contributed by atoms with Crippen LogP contribution in [-0.4, -0.2) is 0 Å². The van der Waals surface area contributed by atoms with Gasteiger partial charge < -0.3 is 0 Å². The summed E-state index contributed by atoms with van der Waals surface area (Å²) in [5, 5.41) is 3.44. The molecule has 0 fully saturated rings. The topological polar surface area (TPSA) is 0 Å². The van der Waals surface area contributed by atoms with Crippen molar-refractivity contribution in [2.45, 2.75) is 5.38 Å². The zero-order chi connectivity index (χ0) is 15.0. The number of hydrogen-bond acceptors (Lipinski definition) is 0. The van der Waals surface area contributed by atoms with Crippen LogP contribution in [0.1, 0.15) is 16.5 Å². The van der Waals surface area contributed by atoms with E-state index in [9.17, 15) is 0 Å². The molecule has 1 atom stereocenters. The lowest BCUT2D eigenvalue weighted by Gasteiger charge is -2.15. The van der Waals surface area contributed by atoms with E-state index in [4.69, 9.17) is 46.4 Å². The number of benzene rings is 3. The molecule has 0 aliphatic carbocycles. The number of alkyl halides is 1. The molecular formula is C17H10Cl4. The summed E-state index contributed by atoms with van der Waals surface area (Å²) in [6, 6.07) is 17.2. The highest BCUT2D eigenvalue weighted by Crippen LogP contribution is 2.38. The zero-order valence-electron chi connectivity index (χ0n) is 10.8. The second kappa shape index (κ2) is 6.06. The largest absolute Gasteiger partial charge is 0.113 e. The standard InChI is InChI=1S/C17H10Cl4/c18-14-8-6-13(11-3-1-2-4-12(11)14)17(21)10-5-7-15(19)16(20)9-10/h1-9,17H. The Morgan fingerprint density at radius 3 is 2.05 bits per heavy atom. The molecule has 0 nitrogen and oxygen atoms in total. The highest BCUT2D eigenvalue weighted by molar-refractivity contribution is 6.42. The van der Waals surface area contributed by atoms with Gasteiger partial charge in [-0.15, -0.1) is 11.6 Å². The monoisotopic (exact) mass is 354 g/mol. The molecule has 0 saturated carbocycles. The quantitative estimate of drug-likeness (QED) is 0.429. The van der Waals surface area contributed by atoms with Crippen LogP contribution in [0.3, 0.4) is 0 Å². The first-order chi connectivity index (χ1) is 10.1. The Hall–Kier alpha value is -0.920. The SMILES string of the molecule is Clc1ccc(C(Cl)c2ccc(Cl)c3ccccc23)cc1Cl. The minimum Gasteiger partial charge on any atom is -0.113 e. The number of halogens is 4. The van der Waals surface area contributed by atoms with E-state index in [1.54, 1.807) is 12.1 Å². The molecule has 0 amide bonds. The smallest absolute Gasteiger partial charge is 0.0841 e.